The van der Waals surface area contributed by atoms with Crippen LogP contribution < -0.4 is 56.3 Å². The largest absolute Gasteiger partial charge is 1.00 e. The van der Waals surface area contributed by atoms with Crippen LogP contribution in [0.15, 0.2) is 117 Å². The summed E-state index contributed by atoms with van der Waals surface area (Å²) >= 11 is 0. The molecule has 4 aromatic rings. The normalized spacial score (nSPS) is 19.8. The van der Waals surface area contributed by atoms with Gasteiger partial charge in [-0.25, -0.2) is 25.3 Å². The first-order chi connectivity index (χ1) is 24.5. The van der Waals surface area contributed by atoms with Gasteiger partial charge in [-0.05, 0) is 107 Å². The summed E-state index contributed by atoms with van der Waals surface area (Å²) in [5.41, 5.74) is 6.04. The van der Waals surface area contributed by atoms with Crippen LogP contribution in [-0.2, 0) is 40.9 Å². The first kappa shape index (κ1) is 40.9. The molecule has 0 fully saturated rings. The second-order valence-electron chi connectivity index (χ2n) is 15.1. The number of allylic oxidation sites excluding steroid dienone is 7. The second-order valence-corrected chi connectivity index (χ2v) is 19.8. The topological polar surface area (TPSA) is 155 Å². The van der Waals surface area contributed by atoms with Crippen molar-refractivity contribution in [1.29, 1.82) is 0 Å². The van der Waals surface area contributed by atoms with Crippen molar-refractivity contribution in [2.45, 2.75) is 61.2 Å². The van der Waals surface area contributed by atoms with E-state index in [2.05, 4.69) is 37.2 Å². The average molecular weight is 811 g/mol. The Morgan fingerprint density at radius 1 is 0.722 bits per heavy atom. The molecule has 0 radical (unpaired) electrons. The number of anilines is 1. The van der Waals surface area contributed by atoms with E-state index < -0.39 is 40.9 Å². The fourth-order valence-electron chi connectivity index (χ4n) is 8.63. The summed E-state index contributed by atoms with van der Waals surface area (Å²) in [7, 11) is -8.96. The fourth-order valence-corrected chi connectivity index (χ4v) is 10.9. The van der Waals surface area contributed by atoms with Crippen molar-refractivity contribution < 1.29 is 90.3 Å². The summed E-state index contributed by atoms with van der Waals surface area (Å²) in [5.74, 6) is 0. The third kappa shape index (κ3) is 6.75. The molecule has 54 heavy (non-hydrogen) atoms. The predicted octanol–water partition coefficient (Wildman–Crippen LogP) is 3.70. The van der Waals surface area contributed by atoms with Gasteiger partial charge in [0.05, 0.1) is 20.1 Å². The Balaban J connectivity index is 0.00000497. The minimum absolute atomic E-state index is 0. The van der Waals surface area contributed by atoms with Crippen molar-refractivity contribution in [2.24, 2.45) is 0 Å². The van der Waals surface area contributed by atoms with Crippen LogP contribution >= 0.6 is 0 Å². The monoisotopic (exact) mass is 810 g/mol. The molecule has 14 heteroatoms. The van der Waals surface area contributed by atoms with Crippen LogP contribution in [0.4, 0.5) is 11.4 Å². The van der Waals surface area contributed by atoms with Crippen LogP contribution in [0, 0.1) is 0 Å². The fraction of sp³-hybridized carbons (Fsp3) is 0.275. The third-order valence-corrected chi connectivity index (χ3v) is 13.9. The SMILES string of the molecule is CN1/C(=C\C=C2\CCC(/C=C/C3=[N+](C)c4ccc5cc(S(=O)(=O)[O-])ccc5c4C3(C)C)=C2S(C)(=O)=O)C(C)(C)c2c1ccc1cc(S(=O)(=O)[O-])ccc21.[K+]. The van der Waals surface area contributed by atoms with Gasteiger partial charge in [-0.3, -0.25) is 0 Å². The Kier molecular flexibility index (Phi) is 10.4. The molecule has 0 N–H and O–H groups in total. The van der Waals surface area contributed by atoms with E-state index in [1.807, 2.05) is 50.5 Å². The molecule has 1 aliphatic carbocycles. The van der Waals surface area contributed by atoms with Crippen molar-refractivity contribution >= 4 is 68.7 Å². The zero-order chi connectivity index (χ0) is 38.6. The van der Waals surface area contributed by atoms with Gasteiger partial charge in [0.2, 0.25) is 5.69 Å². The molecule has 2 aliphatic heterocycles. The summed E-state index contributed by atoms with van der Waals surface area (Å²) in [6.45, 7) is 8.26. The van der Waals surface area contributed by atoms with Crippen molar-refractivity contribution in [3.63, 3.8) is 0 Å². The maximum absolute atomic E-state index is 13.4. The predicted molar refractivity (Wildman–Crippen MR) is 206 cm³/mol. The minimum Gasteiger partial charge on any atom is -0.744 e. The maximum Gasteiger partial charge on any atom is 1.00 e. The molecule has 3 aliphatic rings. The zero-order valence-electron chi connectivity index (χ0n) is 31.4. The van der Waals surface area contributed by atoms with E-state index in [9.17, 15) is 34.4 Å². The molecule has 0 saturated carbocycles. The summed E-state index contributed by atoms with van der Waals surface area (Å²) < 4.78 is 98.9. The van der Waals surface area contributed by atoms with Crippen LogP contribution in [0.3, 0.4) is 0 Å². The number of likely N-dealkylation sites (N-methyl/N-ethyl adjacent to an activating group) is 1. The standard InChI is InChI=1S/C40H40N2O8S3.K/c1-39(2)34(41(5)32-18-10-26-22-28(52(45,46)47)14-16-30(26)36(32)39)20-12-24-8-9-25(38(24)51(7,43)44)13-21-35-40(3,4)37-31-17-15-29(53(48,49)50)23-27(31)11-19-33(37)42(35)6;/h10-23H,8-9H2,1-7H3,(H-,45,46,47,48,49,50);/q;+1/p-1. The Labute approximate surface area is 359 Å². The quantitative estimate of drug-likeness (QED) is 0.161. The number of hydrogen-bond acceptors (Lipinski definition) is 9. The Morgan fingerprint density at radius 2 is 1.28 bits per heavy atom. The number of fused-ring (bicyclic) bond motifs is 6. The van der Waals surface area contributed by atoms with Crippen molar-refractivity contribution in [3.8, 4) is 0 Å². The zero-order valence-corrected chi connectivity index (χ0v) is 37.0. The molecular formula is C40H39KN2O8S3. The Morgan fingerprint density at radius 3 is 1.83 bits per heavy atom. The third-order valence-electron chi connectivity index (χ3n) is 11.0. The maximum atomic E-state index is 13.4. The molecule has 0 unspecified atom stereocenters. The van der Waals surface area contributed by atoms with Gasteiger partial charge in [-0.2, -0.15) is 4.58 Å². The number of benzene rings is 4. The Hall–Kier alpha value is -2.76. The average Bonchev–Trinajstić information content (AvgIpc) is 3.63. The summed E-state index contributed by atoms with van der Waals surface area (Å²) in [6, 6.07) is 16.2. The van der Waals surface area contributed by atoms with Gasteiger partial charge in [-0.15, -0.1) is 0 Å². The smallest absolute Gasteiger partial charge is 0.744 e. The van der Waals surface area contributed by atoms with Crippen LogP contribution in [0.5, 0.6) is 0 Å². The van der Waals surface area contributed by atoms with Gasteiger partial charge >= 0.3 is 51.4 Å². The van der Waals surface area contributed by atoms with E-state index >= 15 is 0 Å². The van der Waals surface area contributed by atoms with E-state index in [0.717, 1.165) is 44.7 Å². The summed E-state index contributed by atoms with van der Waals surface area (Å²) in [5, 5.41) is 2.96. The molecule has 0 saturated heterocycles. The van der Waals surface area contributed by atoms with Crippen LogP contribution in [-0.4, -0.2) is 65.0 Å². The first-order valence-electron chi connectivity index (χ1n) is 17.0. The van der Waals surface area contributed by atoms with Gasteiger partial charge in [0.15, 0.2) is 15.5 Å². The van der Waals surface area contributed by atoms with E-state index in [-0.39, 0.29) is 61.2 Å². The first-order valence-corrected chi connectivity index (χ1v) is 21.7. The van der Waals surface area contributed by atoms with Gasteiger partial charge in [-0.1, -0.05) is 44.2 Å². The van der Waals surface area contributed by atoms with E-state index in [0.29, 0.717) is 39.7 Å². The van der Waals surface area contributed by atoms with Crippen LogP contribution in [0.2, 0.25) is 0 Å². The van der Waals surface area contributed by atoms with Gasteiger partial charge in [0.1, 0.15) is 27.3 Å². The van der Waals surface area contributed by atoms with Crippen molar-refractivity contribution in [1.82, 2.24) is 0 Å². The van der Waals surface area contributed by atoms with Crippen molar-refractivity contribution in [2.75, 3.05) is 25.3 Å². The molecule has 0 amide bonds. The van der Waals surface area contributed by atoms with Gasteiger partial charge < -0.3 is 14.0 Å². The molecule has 0 atom stereocenters. The van der Waals surface area contributed by atoms with Crippen LogP contribution in [0.1, 0.15) is 51.7 Å². The molecule has 10 nitrogen and oxygen atoms in total. The summed E-state index contributed by atoms with van der Waals surface area (Å²) in [6.07, 6.45) is 9.98. The van der Waals surface area contributed by atoms with E-state index in [1.165, 1.54) is 30.5 Å². The molecule has 276 valence electrons. The molecule has 0 spiro atoms. The number of rotatable bonds is 6. The summed E-state index contributed by atoms with van der Waals surface area (Å²) in [4.78, 5) is 1.79. The molecular weight excluding hydrogens is 772 g/mol. The number of hydrogen-bond donors (Lipinski definition) is 0. The second kappa shape index (κ2) is 13.7. The Bertz CT molecular complexity index is 2830. The molecule has 0 aromatic heterocycles. The van der Waals surface area contributed by atoms with E-state index in [1.54, 1.807) is 24.3 Å². The molecule has 7 rings (SSSR count). The van der Waals surface area contributed by atoms with Gasteiger partial charge in [0, 0.05) is 47.8 Å². The van der Waals surface area contributed by atoms with Crippen LogP contribution in [0.25, 0.3) is 21.5 Å². The minimum atomic E-state index is -4.61. The number of sulfone groups is 1. The molecule has 4 aromatic carbocycles. The molecule has 0 bridgehead atoms. The number of nitrogens with zero attached hydrogens (tertiary/aromatic N) is 2. The van der Waals surface area contributed by atoms with E-state index in [4.69, 9.17) is 0 Å². The van der Waals surface area contributed by atoms with Gasteiger partial charge in [0.25, 0.3) is 0 Å². The van der Waals surface area contributed by atoms with Crippen molar-refractivity contribution in [3.05, 3.63) is 118 Å². The molecule has 2 heterocycles.